The van der Waals surface area contributed by atoms with Crippen LogP contribution in [-0.2, 0) is 0 Å². The van der Waals surface area contributed by atoms with Crippen molar-refractivity contribution in [2.24, 2.45) is 0 Å². The quantitative estimate of drug-likeness (QED) is 0.261. The van der Waals surface area contributed by atoms with Crippen molar-refractivity contribution in [3.63, 3.8) is 0 Å². The number of hydrogen-bond acceptors (Lipinski definition) is 0. The predicted octanol–water partition coefficient (Wildman–Crippen LogP) is 8.39. The molecule has 0 heteroatoms. The molecule has 0 N–H and O–H groups in total. The lowest BCUT2D eigenvalue weighted by atomic mass is 10.3. The summed E-state index contributed by atoms with van der Waals surface area (Å²) < 4.78 is 0. The van der Waals surface area contributed by atoms with Crippen LogP contribution in [0.25, 0.3) is 0 Å². The molecule has 0 nitrogen and oxygen atoms in total. The van der Waals surface area contributed by atoms with Crippen molar-refractivity contribution >= 4 is 0 Å². The van der Waals surface area contributed by atoms with E-state index >= 15 is 0 Å². The molecular weight excluding hydrogens is 360 g/mol. The van der Waals surface area contributed by atoms with E-state index in [1.54, 1.807) is 12.2 Å². The van der Waals surface area contributed by atoms with Gasteiger partial charge in [0.25, 0.3) is 0 Å². The van der Waals surface area contributed by atoms with Crippen LogP contribution in [0.15, 0.2) is 177 Å². The van der Waals surface area contributed by atoms with Crippen LogP contribution in [-0.4, -0.2) is 0 Å². The number of hydrogen-bond donors (Lipinski definition) is 0. The maximum atomic E-state index is 5.22. The average molecular weight is 392 g/mol. The molecule has 30 heavy (non-hydrogen) atoms. The van der Waals surface area contributed by atoms with Gasteiger partial charge in [-0.3, -0.25) is 0 Å². The molecule has 0 aliphatic rings. The molecule has 0 fully saturated rings. The van der Waals surface area contributed by atoms with Crippen molar-refractivity contribution in [1.29, 1.82) is 0 Å². The third-order valence-electron chi connectivity index (χ3n) is 3.02. The van der Waals surface area contributed by atoms with Crippen LogP contribution in [0.2, 0.25) is 0 Å². The van der Waals surface area contributed by atoms with E-state index in [4.69, 9.17) is 6.58 Å². The molecule has 0 atom stereocenters. The SMILES string of the molecule is [CH]=CC=CC=CC=CC=CC=CC=CC=CC=CC=CC=CC=CC=CC=CC=C. The fourth-order valence-electron chi connectivity index (χ4n) is 1.68. The Morgan fingerprint density at radius 3 is 0.600 bits per heavy atom. The van der Waals surface area contributed by atoms with Crippen LogP contribution in [0, 0.1) is 6.58 Å². The van der Waals surface area contributed by atoms with Crippen LogP contribution < -0.4 is 0 Å². The van der Waals surface area contributed by atoms with Crippen molar-refractivity contribution < 1.29 is 0 Å². The third-order valence-corrected chi connectivity index (χ3v) is 3.02. The van der Waals surface area contributed by atoms with E-state index in [9.17, 15) is 0 Å². The first-order chi connectivity index (χ1) is 14.9. The monoisotopic (exact) mass is 391 g/mol. The molecule has 0 aliphatic carbocycles. The first-order valence-electron chi connectivity index (χ1n) is 9.74. The van der Waals surface area contributed by atoms with E-state index < -0.39 is 0 Å². The Balaban J connectivity index is 3.97. The number of allylic oxidation sites excluding steroid dienone is 28. The summed E-state index contributed by atoms with van der Waals surface area (Å²) in [5.74, 6) is 0. The molecule has 0 aromatic heterocycles. The molecule has 151 valence electrons. The Morgan fingerprint density at radius 1 is 0.267 bits per heavy atom. The van der Waals surface area contributed by atoms with E-state index in [0.29, 0.717) is 0 Å². The van der Waals surface area contributed by atoms with Gasteiger partial charge in [-0.05, 0) is 0 Å². The summed E-state index contributed by atoms with van der Waals surface area (Å²) in [4.78, 5) is 0. The van der Waals surface area contributed by atoms with Crippen molar-refractivity contribution in [1.82, 2.24) is 0 Å². The minimum Gasteiger partial charge on any atom is -0.0991 e. The van der Waals surface area contributed by atoms with E-state index in [0.717, 1.165) is 0 Å². The first kappa shape index (κ1) is 26.1. The summed E-state index contributed by atoms with van der Waals surface area (Å²) in [6.45, 7) is 8.83. The van der Waals surface area contributed by atoms with Crippen molar-refractivity contribution in [2.45, 2.75) is 0 Å². The molecule has 0 saturated heterocycles. The Labute approximate surface area is 183 Å². The van der Waals surface area contributed by atoms with E-state index in [1.807, 2.05) is 152 Å². The van der Waals surface area contributed by atoms with Gasteiger partial charge >= 0.3 is 0 Å². The average Bonchev–Trinajstić information content (AvgIpc) is 2.76. The second kappa shape index (κ2) is 25.1. The molecule has 0 unspecified atom stereocenters. The molecule has 0 spiro atoms. The van der Waals surface area contributed by atoms with Crippen LogP contribution in [0.1, 0.15) is 0 Å². The van der Waals surface area contributed by atoms with E-state index in [-0.39, 0.29) is 0 Å². The fourth-order valence-corrected chi connectivity index (χ4v) is 1.68. The van der Waals surface area contributed by atoms with Crippen molar-refractivity contribution in [3.05, 3.63) is 183 Å². The summed E-state index contributed by atoms with van der Waals surface area (Å²) >= 11 is 0. The molecule has 0 aromatic carbocycles. The number of rotatable bonds is 14. The highest BCUT2D eigenvalue weighted by molar-refractivity contribution is 5.23. The maximum Gasteiger partial charge on any atom is -0.0623 e. The lowest BCUT2D eigenvalue weighted by Crippen LogP contribution is -1.54. The van der Waals surface area contributed by atoms with Crippen LogP contribution >= 0.6 is 0 Å². The molecule has 0 amide bonds. The second-order valence-electron chi connectivity index (χ2n) is 5.43. The molecule has 0 aromatic rings. The second-order valence-corrected chi connectivity index (χ2v) is 5.43. The normalized spacial score (nSPS) is 14.5. The van der Waals surface area contributed by atoms with Crippen LogP contribution in [0.3, 0.4) is 0 Å². The lowest BCUT2D eigenvalue weighted by Gasteiger charge is -1.76. The Bertz CT molecular complexity index is 747. The summed E-state index contributed by atoms with van der Waals surface area (Å²) in [6.07, 6.45) is 54.2. The van der Waals surface area contributed by atoms with Gasteiger partial charge in [0.05, 0.1) is 0 Å². The van der Waals surface area contributed by atoms with Gasteiger partial charge in [0, 0.05) is 0 Å². The molecule has 0 saturated carbocycles. The minimum absolute atomic E-state index is 1.50. The van der Waals surface area contributed by atoms with E-state index in [2.05, 4.69) is 6.58 Å². The Kier molecular flexibility index (Phi) is 21.8. The smallest absolute Gasteiger partial charge is 0.0623 e. The molecule has 0 heterocycles. The zero-order valence-electron chi connectivity index (χ0n) is 17.5. The lowest BCUT2D eigenvalue weighted by molar-refractivity contribution is 1.82. The molecule has 1 radical (unpaired) electrons. The van der Waals surface area contributed by atoms with Crippen LogP contribution in [0.5, 0.6) is 0 Å². The summed E-state index contributed by atoms with van der Waals surface area (Å²) in [6, 6.07) is 0. The van der Waals surface area contributed by atoms with Gasteiger partial charge < -0.3 is 0 Å². The van der Waals surface area contributed by atoms with Gasteiger partial charge in [-0.15, -0.1) is 0 Å². The van der Waals surface area contributed by atoms with Gasteiger partial charge in [0.1, 0.15) is 0 Å². The van der Waals surface area contributed by atoms with Gasteiger partial charge in [-0.25, -0.2) is 0 Å². The van der Waals surface area contributed by atoms with Gasteiger partial charge in [-0.2, -0.15) is 0 Å². The standard InChI is InChI=1S/C30H31/c1-3-5-7-9-11-13-15-17-19-21-23-25-27-29-30-28-26-24-22-20-18-16-14-12-10-8-6-4-2/h1,3-30H,2H2. The summed E-state index contributed by atoms with van der Waals surface area (Å²) in [5.41, 5.74) is 0. The minimum atomic E-state index is 1.50. The van der Waals surface area contributed by atoms with Gasteiger partial charge in [0.15, 0.2) is 0 Å². The molecule has 0 bridgehead atoms. The topological polar surface area (TPSA) is 0 Å². The highest BCUT2D eigenvalue weighted by Crippen LogP contribution is 1.88. The molecule has 0 rings (SSSR count). The summed E-state index contributed by atoms with van der Waals surface area (Å²) in [5, 5.41) is 0. The van der Waals surface area contributed by atoms with Crippen LogP contribution in [0.4, 0.5) is 0 Å². The molecular formula is C30H31. The first-order valence-corrected chi connectivity index (χ1v) is 9.74. The van der Waals surface area contributed by atoms with E-state index in [1.165, 1.54) is 6.08 Å². The highest BCUT2D eigenvalue weighted by atomic mass is 13.7. The predicted molar refractivity (Wildman–Crippen MR) is 138 cm³/mol. The van der Waals surface area contributed by atoms with Gasteiger partial charge in [0.2, 0.25) is 0 Å². The Morgan fingerprint density at radius 2 is 0.433 bits per heavy atom. The zero-order chi connectivity index (χ0) is 21.8. The Hall–Kier alpha value is -3.90. The van der Waals surface area contributed by atoms with Crippen molar-refractivity contribution in [2.75, 3.05) is 0 Å². The van der Waals surface area contributed by atoms with Crippen molar-refractivity contribution in [3.8, 4) is 0 Å². The summed E-state index contributed by atoms with van der Waals surface area (Å²) in [7, 11) is 0. The largest absolute Gasteiger partial charge is 0.0991 e. The third kappa shape index (κ3) is 24.1. The maximum absolute atomic E-state index is 5.22. The zero-order valence-corrected chi connectivity index (χ0v) is 17.5. The van der Waals surface area contributed by atoms with Gasteiger partial charge in [-0.1, -0.05) is 183 Å². The fraction of sp³-hybridized carbons (Fsp3) is 0. The molecule has 0 aliphatic heterocycles. The highest BCUT2D eigenvalue weighted by Gasteiger charge is 1.66.